The van der Waals surface area contributed by atoms with E-state index < -0.39 is 10.9 Å². The Morgan fingerprint density at radius 1 is 1.39 bits per heavy atom. The molecule has 0 saturated carbocycles. The number of ether oxygens (including phenoxy) is 2. The molecule has 0 aliphatic carbocycles. The van der Waals surface area contributed by atoms with E-state index in [1.807, 2.05) is 6.92 Å². The lowest BCUT2D eigenvalue weighted by molar-refractivity contribution is -0.385. The average molecular weight is 253 g/mol. The van der Waals surface area contributed by atoms with Crippen LogP contribution in [0.1, 0.15) is 30.6 Å². The molecular formula is C12H15NO5. The fraction of sp³-hybridized carbons (Fsp3) is 0.417. The second kappa shape index (κ2) is 6.58. The number of esters is 1. The molecule has 6 nitrogen and oxygen atoms in total. The van der Waals surface area contributed by atoms with E-state index in [-0.39, 0.29) is 23.6 Å². The summed E-state index contributed by atoms with van der Waals surface area (Å²) >= 11 is 0. The van der Waals surface area contributed by atoms with Crippen molar-refractivity contribution in [3.05, 3.63) is 33.9 Å². The van der Waals surface area contributed by atoms with Crippen molar-refractivity contribution in [1.29, 1.82) is 0 Å². The van der Waals surface area contributed by atoms with Crippen LogP contribution in [0.15, 0.2) is 18.2 Å². The van der Waals surface area contributed by atoms with E-state index >= 15 is 0 Å². The topological polar surface area (TPSA) is 78.7 Å². The summed E-state index contributed by atoms with van der Waals surface area (Å²) in [5, 5.41) is 10.9. The van der Waals surface area contributed by atoms with E-state index in [0.717, 1.165) is 6.42 Å². The molecule has 0 atom stereocenters. The molecule has 0 heterocycles. The van der Waals surface area contributed by atoms with Crippen LogP contribution in [-0.2, 0) is 4.74 Å². The van der Waals surface area contributed by atoms with Crippen LogP contribution in [0.25, 0.3) is 0 Å². The zero-order valence-electron chi connectivity index (χ0n) is 10.3. The molecule has 18 heavy (non-hydrogen) atoms. The van der Waals surface area contributed by atoms with Crippen molar-refractivity contribution in [1.82, 2.24) is 0 Å². The lowest BCUT2D eigenvalue weighted by Gasteiger charge is -2.07. The van der Waals surface area contributed by atoms with Gasteiger partial charge in [0.05, 0.1) is 23.7 Å². The summed E-state index contributed by atoms with van der Waals surface area (Å²) in [6.45, 7) is 4.18. The molecule has 0 unspecified atom stereocenters. The predicted octanol–water partition coefficient (Wildman–Crippen LogP) is 2.56. The molecule has 0 aromatic heterocycles. The van der Waals surface area contributed by atoms with Gasteiger partial charge in [-0.25, -0.2) is 4.79 Å². The third-order valence-electron chi connectivity index (χ3n) is 2.13. The van der Waals surface area contributed by atoms with Crippen molar-refractivity contribution in [2.45, 2.75) is 20.3 Å². The zero-order chi connectivity index (χ0) is 13.5. The van der Waals surface area contributed by atoms with Gasteiger partial charge in [-0.05, 0) is 25.5 Å². The first-order valence-electron chi connectivity index (χ1n) is 5.68. The Labute approximate surface area is 105 Å². The van der Waals surface area contributed by atoms with Gasteiger partial charge in [0.1, 0.15) is 0 Å². The minimum Gasteiger partial charge on any atom is -0.487 e. The summed E-state index contributed by atoms with van der Waals surface area (Å²) in [5.41, 5.74) is -0.0820. The van der Waals surface area contributed by atoms with Crippen LogP contribution in [0.5, 0.6) is 5.75 Å². The molecule has 0 bridgehead atoms. The minimum atomic E-state index is -0.581. The van der Waals surface area contributed by atoms with Crippen molar-refractivity contribution in [2.24, 2.45) is 0 Å². The number of hydrogen-bond donors (Lipinski definition) is 0. The van der Waals surface area contributed by atoms with Crippen LogP contribution in [0.3, 0.4) is 0 Å². The van der Waals surface area contributed by atoms with E-state index in [4.69, 9.17) is 9.47 Å². The van der Waals surface area contributed by atoms with Gasteiger partial charge in [0, 0.05) is 6.07 Å². The Morgan fingerprint density at radius 3 is 2.67 bits per heavy atom. The van der Waals surface area contributed by atoms with Gasteiger partial charge in [-0.15, -0.1) is 0 Å². The molecular weight excluding hydrogens is 238 g/mol. The number of benzene rings is 1. The van der Waals surface area contributed by atoms with E-state index in [2.05, 4.69) is 0 Å². The number of nitrogens with zero attached hydrogens (tertiary/aromatic N) is 1. The molecule has 6 heteroatoms. The maximum absolute atomic E-state index is 11.5. The largest absolute Gasteiger partial charge is 0.487 e. The quantitative estimate of drug-likeness (QED) is 0.442. The van der Waals surface area contributed by atoms with Crippen LogP contribution in [-0.4, -0.2) is 24.1 Å². The highest BCUT2D eigenvalue weighted by Crippen LogP contribution is 2.28. The van der Waals surface area contributed by atoms with Crippen LogP contribution in [0, 0.1) is 10.1 Å². The van der Waals surface area contributed by atoms with Crippen LogP contribution < -0.4 is 4.74 Å². The number of hydrogen-bond acceptors (Lipinski definition) is 5. The molecule has 0 spiro atoms. The van der Waals surface area contributed by atoms with Crippen molar-refractivity contribution in [3.8, 4) is 5.75 Å². The SMILES string of the molecule is CCCOc1ccc(C(=O)OCC)cc1[N+](=O)[O-]. The first-order valence-corrected chi connectivity index (χ1v) is 5.68. The molecule has 0 fully saturated rings. The Balaban J connectivity index is 3.03. The summed E-state index contributed by atoms with van der Waals surface area (Å²) in [7, 11) is 0. The molecule has 1 aromatic carbocycles. The molecule has 0 amide bonds. The fourth-order valence-corrected chi connectivity index (χ4v) is 1.34. The number of rotatable bonds is 6. The van der Waals surface area contributed by atoms with Crippen molar-refractivity contribution >= 4 is 11.7 Å². The third kappa shape index (κ3) is 3.44. The fourth-order valence-electron chi connectivity index (χ4n) is 1.34. The molecule has 0 N–H and O–H groups in total. The maximum Gasteiger partial charge on any atom is 0.338 e. The summed E-state index contributed by atoms with van der Waals surface area (Å²) in [5.74, 6) is -0.419. The standard InChI is InChI=1S/C12H15NO5/c1-3-7-18-11-6-5-9(12(14)17-4-2)8-10(11)13(15)16/h5-6,8H,3-4,7H2,1-2H3. The van der Waals surface area contributed by atoms with Gasteiger partial charge in [0.2, 0.25) is 0 Å². The van der Waals surface area contributed by atoms with Gasteiger partial charge in [-0.1, -0.05) is 6.92 Å². The van der Waals surface area contributed by atoms with Crippen LogP contribution >= 0.6 is 0 Å². The van der Waals surface area contributed by atoms with Gasteiger partial charge in [-0.3, -0.25) is 10.1 Å². The van der Waals surface area contributed by atoms with Crippen molar-refractivity contribution in [3.63, 3.8) is 0 Å². The van der Waals surface area contributed by atoms with Crippen molar-refractivity contribution < 1.29 is 19.2 Å². The number of carbonyl (C=O) groups is 1. The first-order chi connectivity index (χ1) is 8.60. The second-order valence-corrected chi connectivity index (χ2v) is 3.51. The van der Waals surface area contributed by atoms with Crippen molar-refractivity contribution in [2.75, 3.05) is 13.2 Å². The Morgan fingerprint density at radius 2 is 2.11 bits per heavy atom. The highest BCUT2D eigenvalue weighted by Gasteiger charge is 2.19. The second-order valence-electron chi connectivity index (χ2n) is 3.51. The molecule has 0 aliphatic rings. The molecule has 1 aromatic rings. The summed E-state index contributed by atoms with van der Waals surface area (Å²) < 4.78 is 10.0. The van der Waals surface area contributed by atoms with Gasteiger partial charge < -0.3 is 9.47 Å². The Kier molecular flexibility index (Phi) is 5.10. The van der Waals surface area contributed by atoms with Gasteiger partial charge in [0.15, 0.2) is 5.75 Å². The lowest BCUT2D eigenvalue weighted by atomic mass is 10.2. The van der Waals surface area contributed by atoms with E-state index in [1.54, 1.807) is 6.92 Å². The smallest absolute Gasteiger partial charge is 0.338 e. The molecule has 1 rings (SSSR count). The normalized spacial score (nSPS) is 9.89. The molecule has 0 radical (unpaired) electrons. The monoisotopic (exact) mass is 253 g/mol. The molecule has 98 valence electrons. The van der Waals surface area contributed by atoms with Gasteiger partial charge in [-0.2, -0.15) is 0 Å². The summed E-state index contributed by atoms with van der Waals surface area (Å²) in [4.78, 5) is 21.8. The minimum absolute atomic E-state index is 0.146. The highest BCUT2D eigenvalue weighted by molar-refractivity contribution is 5.90. The van der Waals surface area contributed by atoms with Gasteiger partial charge >= 0.3 is 11.7 Å². The maximum atomic E-state index is 11.5. The number of nitro groups is 1. The van der Waals surface area contributed by atoms with Crippen LogP contribution in [0.2, 0.25) is 0 Å². The van der Waals surface area contributed by atoms with E-state index in [1.165, 1.54) is 18.2 Å². The molecule has 0 saturated heterocycles. The Bertz CT molecular complexity index is 444. The lowest BCUT2D eigenvalue weighted by Crippen LogP contribution is -2.06. The predicted molar refractivity (Wildman–Crippen MR) is 64.8 cm³/mol. The van der Waals surface area contributed by atoms with Gasteiger partial charge in [0.25, 0.3) is 0 Å². The van der Waals surface area contributed by atoms with E-state index in [0.29, 0.717) is 6.61 Å². The Hall–Kier alpha value is -2.11. The number of nitro benzene ring substituents is 1. The highest BCUT2D eigenvalue weighted by atomic mass is 16.6. The number of carbonyl (C=O) groups excluding carboxylic acids is 1. The van der Waals surface area contributed by atoms with E-state index in [9.17, 15) is 14.9 Å². The third-order valence-corrected chi connectivity index (χ3v) is 2.13. The molecule has 0 aliphatic heterocycles. The summed E-state index contributed by atoms with van der Waals surface area (Å²) in [6.07, 6.45) is 0.747. The first kappa shape index (κ1) is 14.0. The van der Waals surface area contributed by atoms with Crippen LogP contribution in [0.4, 0.5) is 5.69 Å². The average Bonchev–Trinajstić information content (AvgIpc) is 2.36. The summed E-state index contributed by atoms with van der Waals surface area (Å²) in [6, 6.07) is 4.04. The zero-order valence-corrected chi connectivity index (χ0v) is 10.3.